The van der Waals surface area contributed by atoms with Crippen LogP contribution in [0.4, 0.5) is 0 Å². The van der Waals surface area contributed by atoms with Crippen LogP contribution in [0, 0.1) is 0 Å². The van der Waals surface area contributed by atoms with Crippen molar-refractivity contribution in [3.63, 3.8) is 0 Å². The lowest BCUT2D eigenvalue weighted by Crippen LogP contribution is -2.22. The first-order chi connectivity index (χ1) is 8.74. The fourth-order valence-corrected chi connectivity index (χ4v) is 4.00. The molecule has 6 heteroatoms. The molecule has 0 spiro atoms. The number of thioether (sulfide) groups is 1. The van der Waals surface area contributed by atoms with Crippen molar-refractivity contribution in [2.24, 2.45) is 0 Å². The summed E-state index contributed by atoms with van der Waals surface area (Å²) in [6, 6.07) is 0. The van der Waals surface area contributed by atoms with E-state index < -0.39 is 11.9 Å². The molecule has 3 rings (SSSR count). The quantitative estimate of drug-likeness (QED) is 0.902. The van der Waals surface area contributed by atoms with Crippen molar-refractivity contribution in [1.29, 1.82) is 0 Å². The minimum atomic E-state index is -0.773. The zero-order chi connectivity index (χ0) is 12.5. The third-order valence-corrected chi connectivity index (χ3v) is 5.05. The third-order valence-electron chi connectivity index (χ3n) is 3.65. The van der Waals surface area contributed by atoms with E-state index in [4.69, 9.17) is 0 Å². The number of fused-ring (bicyclic) bond motifs is 1. The molecule has 0 radical (unpaired) electrons. The van der Waals surface area contributed by atoms with Gasteiger partial charge in [-0.15, -0.1) is 0 Å². The summed E-state index contributed by atoms with van der Waals surface area (Å²) < 4.78 is 1.80. The van der Waals surface area contributed by atoms with E-state index in [1.54, 1.807) is 4.68 Å². The van der Waals surface area contributed by atoms with Gasteiger partial charge in [-0.1, -0.05) is 0 Å². The standard InChI is InChI=1S/C12H17N3O2S/c16-12(17)9-4-1-5-15-11(9)13-10(14-15)7-8-3-2-6-18-8/h8-9H,1-7H2,(H,16,17). The van der Waals surface area contributed by atoms with Crippen molar-refractivity contribution in [2.45, 2.75) is 49.8 Å². The van der Waals surface area contributed by atoms with E-state index in [0.717, 1.165) is 25.2 Å². The molecule has 3 heterocycles. The molecule has 1 aromatic rings. The molecule has 1 fully saturated rings. The minimum absolute atomic E-state index is 0.462. The van der Waals surface area contributed by atoms with E-state index in [1.807, 2.05) is 11.8 Å². The van der Waals surface area contributed by atoms with E-state index in [1.165, 1.54) is 18.6 Å². The van der Waals surface area contributed by atoms with Crippen LogP contribution in [0.15, 0.2) is 0 Å². The highest BCUT2D eigenvalue weighted by molar-refractivity contribution is 8.00. The number of nitrogens with zero attached hydrogens (tertiary/aromatic N) is 3. The Hall–Kier alpha value is -1.04. The van der Waals surface area contributed by atoms with Crippen LogP contribution in [-0.4, -0.2) is 36.8 Å². The lowest BCUT2D eigenvalue weighted by molar-refractivity contribution is -0.139. The molecular formula is C12H17N3O2S. The number of hydrogen-bond acceptors (Lipinski definition) is 4. The Morgan fingerprint density at radius 2 is 2.33 bits per heavy atom. The molecule has 2 aliphatic rings. The molecule has 2 aliphatic heterocycles. The van der Waals surface area contributed by atoms with Crippen LogP contribution < -0.4 is 0 Å². The zero-order valence-corrected chi connectivity index (χ0v) is 11.0. The molecule has 2 unspecified atom stereocenters. The summed E-state index contributed by atoms with van der Waals surface area (Å²) in [7, 11) is 0. The largest absolute Gasteiger partial charge is 0.481 e. The summed E-state index contributed by atoms with van der Waals surface area (Å²) in [4.78, 5) is 15.7. The van der Waals surface area contributed by atoms with Gasteiger partial charge >= 0.3 is 5.97 Å². The highest BCUT2D eigenvalue weighted by atomic mass is 32.2. The fourth-order valence-electron chi connectivity index (χ4n) is 2.73. The van der Waals surface area contributed by atoms with Crippen molar-refractivity contribution >= 4 is 17.7 Å². The SMILES string of the molecule is O=C(O)C1CCCn2nc(CC3CCCS3)nc21. The van der Waals surface area contributed by atoms with E-state index in [9.17, 15) is 9.90 Å². The second kappa shape index (κ2) is 4.91. The molecule has 2 atom stereocenters. The van der Waals surface area contributed by atoms with Gasteiger partial charge in [-0.2, -0.15) is 16.9 Å². The van der Waals surface area contributed by atoms with Gasteiger partial charge in [0.1, 0.15) is 11.7 Å². The van der Waals surface area contributed by atoms with Crippen LogP contribution in [0.3, 0.4) is 0 Å². The second-order valence-corrected chi connectivity index (χ2v) is 6.39. The number of carbonyl (C=O) groups is 1. The Morgan fingerprint density at radius 1 is 1.44 bits per heavy atom. The highest BCUT2D eigenvalue weighted by Crippen LogP contribution is 2.30. The molecule has 18 heavy (non-hydrogen) atoms. The Balaban J connectivity index is 1.79. The van der Waals surface area contributed by atoms with Gasteiger partial charge in [0.15, 0.2) is 5.82 Å². The van der Waals surface area contributed by atoms with Crippen LogP contribution in [0.25, 0.3) is 0 Å². The third kappa shape index (κ3) is 2.25. The van der Waals surface area contributed by atoms with Crippen LogP contribution in [0.1, 0.15) is 43.3 Å². The molecular weight excluding hydrogens is 250 g/mol. The van der Waals surface area contributed by atoms with Gasteiger partial charge in [0.05, 0.1) is 0 Å². The van der Waals surface area contributed by atoms with Gasteiger partial charge in [0.2, 0.25) is 0 Å². The minimum Gasteiger partial charge on any atom is -0.481 e. The summed E-state index contributed by atoms with van der Waals surface area (Å²) >= 11 is 1.98. The molecule has 5 nitrogen and oxygen atoms in total. The average molecular weight is 267 g/mol. The van der Waals surface area contributed by atoms with Crippen LogP contribution in [-0.2, 0) is 17.8 Å². The average Bonchev–Trinajstić information content (AvgIpc) is 2.96. The maximum atomic E-state index is 11.2. The number of aryl methyl sites for hydroxylation is 1. The van der Waals surface area contributed by atoms with Gasteiger partial charge in [-0.05, 0) is 31.4 Å². The predicted octanol–water partition coefficient (Wildman–Crippen LogP) is 1.68. The molecule has 1 aromatic heterocycles. The van der Waals surface area contributed by atoms with Gasteiger partial charge in [0, 0.05) is 18.2 Å². The van der Waals surface area contributed by atoms with Crippen molar-refractivity contribution in [2.75, 3.05) is 5.75 Å². The van der Waals surface area contributed by atoms with E-state index >= 15 is 0 Å². The first kappa shape index (κ1) is 12.0. The lowest BCUT2D eigenvalue weighted by Gasteiger charge is -2.17. The fraction of sp³-hybridized carbons (Fsp3) is 0.750. The second-order valence-electron chi connectivity index (χ2n) is 4.98. The highest BCUT2D eigenvalue weighted by Gasteiger charge is 2.30. The van der Waals surface area contributed by atoms with Gasteiger partial charge < -0.3 is 5.11 Å². The summed E-state index contributed by atoms with van der Waals surface area (Å²) in [6.07, 6.45) is 4.96. The molecule has 0 amide bonds. The molecule has 1 N–H and O–H groups in total. The maximum Gasteiger partial charge on any atom is 0.314 e. The Labute approximate surface area is 110 Å². The van der Waals surface area contributed by atoms with Crippen LogP contribution >= 0.6 is 11.8 Å². The monoisotopic (exact) mass is 267 g/mol. The van der Waals surface area contributed by atoms with Crippen molar-refractivity contribution in [1.82, 2.24) is 14.8 Å². The predicted molar refractivity (Wildman–Crippen MR) is 68.8 cm³/mol. The smallest absolute Gasteiger partial charge is 0.314 e. The van der Waals surface area contributed by atoms with Crippen LogP contribution in [0.5, 0.6) is 0 Å². The Kier molecular flexibility index (Phi) is 3.28. The van der Waals surface area contributed by atoms with Gasteiger partial charge in [-0.25, -0.2) is 9.67 Å². The van der Waals surface area contributed by atoms with Crippen LogP contribution in [0.2, 0.25) is 0 Å². The normalized spacial score (nSPS) is 27.1. The van der Waals surface area contributed by atoms with Crippen molar-refractivity contribution < 1.29 is 9.90 Å². The molecule has 1 saturated heterocycles. The maximum absolute atomic E-state index is 11.2. The molecule has 0 saturated carbocycles. The zero-order valence-electron chi connectivity index (χ0n) is 10.2. The van der Waals surface area contributed by atoms with E-state index in [0.29, 0.717) is 17.5 Å². The topological polar surface area (TPSA) is 68.0 Å². The van der Waals surface area contributed by atoms with Gasteiger partial charge in [0.25, 0.3) is 0 Å². The summed E-state index contributed by atoms with van der Waals surface area (Å²) in [6.45, 7) is 0.809. The van der Waals surface area contributed by atoms with Crippen molar-refractivity contribution in [3.05, 3.63) is 11.6 Å². The number of hydrogen-bond donors (Lipinski definition) is 1. The lowest BCUT2D eigenvalue weighted by atomic mass is 10.00. The summed E-state index contributed by atoms with van der Waals surface area (Å²) in [5.74, 6) is 1.49. The number of carboxylic acids is 1. The Bertz CT molecular complexity index is 454. The molecule has 0 aliphatic carbocycles. The number of carboxylic acid groups (broad SMARTS) is 1. The van der Waals surface area contributed by atoms with Gasteiger partial charge in [-0.3, -0.25) is 4.79 Å². The number of aromatic nitrogens is 3. The molecule has 0 bridgehead atoms. The first-order valence-corrected chi connectivity index (χ1v) is 7.57. The number of aliphatic carboxylic acids is 1. The summed E-state index contributed by atoms with van der Waals surface area (Å²) in [5.41, 5.74) is 0. The summed E-state index contributed by atoms with van der Waals surface area (Å²) in [5, 5.41) is 14.3. The van der Waals surface area contributed by atoms with E-state index in [-0.39, 0.29) is 0 Å². The molecule has 98 valence electrons. The first-order valence-electron chi connectivity index (χ1n) is 6.52. The number of rotatable bonds is 3. The Morgan fingerprint density at radius 3 is 3.06 bits per heavy atom. The molecule has 0 aromatic carbocycles. The van der Waals surface area contributed by atoms with E-state index in [2.05, 4.69) is 10.1 Å². The van der Waals surface area contributed by atoms with Crippen molar-refractivity contribution in [3.8, 4) is 0 Å².